The largest absolute Gasteiger partial charge is 0.496 e. The highest BCUT2D eigenvalue weighted by Crippen LogP contribution is 2.29. The number of nitrogens with two attached hydrogens (primary N) is 1. The Kier molecular flexibility index (Phi) is 5.14. The number of ether oxygens (including phenoxy) is 1. The van der Waals surface area contributed by atoms with Crippen LogP contribution in [0.3, 0.4) is 0 Å². The molecule has 2 nitrogen and oxygen atoms in total. The van der Waals surface area contributed by atoms with Crippen LogP contribution in [-0.2, 0) is 12.3 Å². The van der Waals surface area contributed by atoms with Crippen LogP contribution in [0.4, 0.5) is 0 Å². The van der Waals surface area contributed by atoms with E-state index >= 15 is 0 Å². The molecular weight excluding hydrogens is 278 g/mol. The molecule has 0 heterocycles. The van der Waals surface area contributed by atoms with E-state index in [1.807, 2.05) is 36.4 Å². The molecular formula is C15H16ClNOS. The summed E-state index contributed by atoms with van der Waals surface area (Å²) in [4.78, 5) is 1.18. The van der Waals surface area contributed by atoms with Crippen LogP contribution in [0.2, 0.25) is 5.02 Å². The van der Waals surface area contributed by atoms with Crippen molar-refractivity contribution in [2.45, 2.75) is 17.2 Å². The van der Waals surface area contributed by atoms with Gasteiger partial charge in [0.05, 0.1) is 7.11 Å². The molecule has 0 aromatic heterocycles. The molecule has 0 saturated heterocycles. The van der Waals surface area contributed by atoms with Gasteiger partial charge in [0.15, 0.2) is 0 Å². The molecule has 4 heteroatoms. The summed E-state index contributed by atoms with van der Waals surface area (Å²) < 4.78 is 5.38. The first-order chi connectivity index (χ1) is 9.22. The molecule has 19 heavy (non-hydrogen) atoms. The van der Waals surface area contributed by atoms with Gasteiger partial charge in [0.2, 0.25) is 0 Å². The maximum Gasteiger partial charge on any atom is 0.122 e. The summed E-state index contributed by atoms with van der Waals surface area (Å²) in [6, 6.07) is 13.9. The van der Waals surface area contributed by atoms with E-state index in [1.165, 1.54) is 4.90 Å². The zero-order chi connectivity index (χ0) is 13.7. The van der Waals surface area contributed by atoms with Crippen LogP contribution in [0.1, 0.15) is 11.1 Å². The van der Waals surface area contributed by atoms with Crippen molar-refractivity contribution >= 4 is 23.4 Å². The van der Waals surface area contributed by atoms with E-state index in [0.717, 1.165) is 27.7 Å². The van der Waals surface area contributed by atoms with Crippen molar-refractivity contribution in [3.8, 4) is 5.75 Å². The van der Waals surface area contributed by atoms with Crippen LogP contribution in [0.15, 0.2) is 47.4 Å². The van der Waals surface area contributed by atoms with Gasteiger partial charge in [-0.3, -0.25) is 0 Å². The lowest BCUT2D eigenvalue weighted by molar-refractivity contribution is 0.411. The number of thioether (sulfide) groups is 1. The van der Waals surface area contributed by atoms with Gasteiger partial charge in [0.1, 0.15) is 5.75 Å². The van der Waals surface area contributed by atoms with Crippen molar-refractivity contribution in [2.24, 2.45) is 5.73 Å². The second-order valence-corrected chi connectivity index (χ2v) is 5.58. The first kappa shape index (κ1) is 14.3. The maximum absolute atomic E-state index is 5.87. The topological polar surface area (TPSA) is 35.2 Å². The Labute approximate surface area is 122 Å². The molecule has 0 aliphatic carbocycles. The van der Waals surface area contributed by atoms with E-state index in [1.54, 1.807) is 18.9 Å². The van der Waals surface area contributed by atoms with Crippen molar-refractivity contribution in [2.75, 3.05) is 7.11 Å². The summed E-state index contributed by atoms with van der Waals surface area (Å²) in [6.07, 6.45) is 0. The molecule has 0 amide bonds. The van der Waals surface area contributed by atoms with Crippen LogP contribution < -0.4 is 10.5 Å². The Hall–Kier alpha value is -1.16. The monoisotopic (exact) mass is 293 g/mol. The van der Waals surface area contributed by atoms with Crippen molar-refractivity contribution in [1.82, 2.24) is 0 Å². The molecule has 2 rings (SSSR count). The zero-order valence-corrected chi connectivity index (χ0v) is 12.3. The van der Waals surface area contributed by atoms with E-state index in [2.05, 4.69) is 6.07 Å². The van der Waals surface area contributed by atoms with E-state index < -0.39 is 0 Å². The lowest BCUT2D eigenvalue weighted by Crippen LogP contribution is -1.98. The molecule has 0 saturated carbocycles. The average molecular weight is 294 g/mol. The minimum atomic E-state index is 0.544. The van der Waals surface area contributed by atoms with Gasteiger partial charge in [0, 0.05) is 27.8 Å². The number of methoxy groups -OCH3 is 1. The Balaban J connectivity index is 2.11. The van der Waals surface area contributed by atoms with E-state index in [0.29, 0.717) is 6.54 Å². The maximum atomic E-state index is 5.87. The first-order valence-corrected chi connectivity index (χ1v) is 7.33. The predicted octanol–water partition coefficient (Wildman–Crippen LogP) is 4.10. The first-order valence-electron chi connectivity index (χ1n) is 5.97. The second-order valence-electron chi connectivity index (χ2n) is 4.09. The van der Waals surface area contributed by atoms with E-state index in [9.17, 15) is 0 Å². The fourth-order valence-corrected chi connectivity index (χ4v) is 2.77. The molecule has 2 aromatic rings. The number of rotatable bonds is 5. The highest BCUT2D eigenvalue weighted by Gasteiger charge is 2.05. The summed E-state index contributed by atoms with van der Waals surface area (Å²) in [5.74, 6) is 1.75. The minimum Gasteiger partial charge on any atom is -0.496 e. The predicted molar refractivity (Wildman–Crippen MR) is 81.9 cm³/mol. The SMILES string of the molecule is COc1ccc(CN)cc1CSc1ccc(Cl)cc1. The molecule has 2 N–H and O–H groups in total. The molecule has 0 aliphatic rings. The third-order valence-electron chi connectivity index (χ3n) is 2.79. The zero-order valence-electron chi connectivity index (χ0n) is 10.7. The highest BCUT2D eigenvalue weighted by atomic mass is 35.5. The summed E-state index contributed by atoms with van der Waals surface area (Å²) >= 11 is 7.62. The minimum absolute atomic E-state index is 0.544. The number of halogens is 1. The highest BCUT2D eigenvalue weighted by molar-refractivity contribution is 7.98. The third-order valence-corrected chi connectivity index (χ3v) is 4.10. The molecule has 2 aromatic carbocycles. The number of hydrogen-bond acceptors (Lipinski definition) is 3. The Morgan fingerprint density at radius 1 is 1.16 bits per heavy atom. The van der Waals surface area contributed by atoms with Gasteiger partial charge in [-0.1, -0.05) is 17.7 Å². The molecule has 100 valence electrons. The molecule has 0 atom stereocenters. The second kappa shape index (κ2) is 6.85. The van der Waals surface area contributed by atoms with Crippen LogP contribution in [0, 0.1) is 0 Å². The summed E-state index contributed by atoms with van der Waals surface area (Å²) in [5.41, 5.74) is 7.95. The van der Waals surface area contributed by atoms with Crippen molar-refractivity contribution < 1.29 is 4.74 Å². The van der Waals surface area contributed by atoms with Gasteiger partial charge in [-0.15, -0.1) is 11.8 Å². The number of hydrogen-bond donors (Lipinski definition) is 1. The van der Waals surface area contributed by atoms with Gasteiger partial charge in [0.25, 0.3) is 0 Å². The molecule has 0 aliphatic heterocycles. The number of benzene rings is 2. The van der Waals surface area contributed by atoms with Crippen molar-refractivity contribution in [3.63, 3.8) is 0 Å². The fourth-order valence-electron chi connectivity index (χ4n) is 1.76. The Morgan fingerprint density at radius 3 is 2.53 bits per heavy atom. The molecule has 0 spiro atoms. The molecule has 0 fully saturated rings. The molecule has 0 bridgehead atoms. The van der Waals surface area contributed by atoms with Crippen LogP contribution in [0.5, 0.6) is 5.75 Å². The lowest BCUT2D eigenvalue weighted by atomic mass is 10.1. The van der Waals surface area contributed by atoms with Crippen LogP contribution in [0.25, 0.3) is 0 Å². The smallest absolute Gasteiger partial charge is 0.122 e. The van der Waals surface area contributed by atoms with Gasteiger partial charge >= 0.3 is 0 Å². The van der Waals surface area contributed by atoms with Gasteiger partial charge in [-0.25, -0.2) is 0 Å². The van der Waals surface area contributed by atoms with Gasteiger partial charge in [-0.2, -0.15) is 0 Å². The van der Waals surface area contributed by atoms with E-state index in [4.69, 9.17) is 22.1 Å². The molecule has 0 unspecified atom stereocenters. The van der Waals surface area contributed by atoms with Crippen LogP contribution >= 0.6 is 23.4 Å². The van der Waals surface area contributed by atoms with Crippen molar-refractivity contribution in [3.05, 3.63) is 58.6 Å². The normalized spacial score (nSPS) is 10.5. The fraction of sp³-hybridized carbons (Fsp3) is 0.200. The van der Waals surface area contributed by atoms with Crippen molar-refractivity contribution in [1.29, 1.82) is 0 Å². The van der Waals surface area contributed by atoms with Gasteiger partial charge < -0.3 is 10.5 Å². The average Bonchev–Trinajstić information content (AvgIpc) is 2.46. The van der Waals surface area contributed by atoms with Crippen LogP contribution in [-0.4, -0.2) is 7.11 Å². The van der Waals surface area contributed by atoms with E-state index in [-0.39, 0.29) is 0 Å². The third kappa shape index (κ3) is 3.90. The van der Waals surface area contributed by atoms with Gasteiger partial charge in [-0.05, 0) is 42.0 Å². The standard InChI is InChI=1S/C15H16ClNOS/c1-18-15-7-2-11(9-17)8-12(15)10-19-14-5-3-13(16)4-6-14/h2-8H,9-10,17H2,1H3. The quantitative estimate of drug-likeness (QED) is 0.843. The lowest BCUT2D eigenvalue weighted by Gasteiger charge is -2.10. The summed E-state index contributed by atoms with van der Waals surface area (Å²) in [6.45, 7) is 0.544. The Morgan fingerprint density at radius 2 is 1.89 bits per heavy atom. The summed E-state index contributed by atoms with van der Waals surface area (Å²) in [5, 5.41) is 0.757. The summed E-state index contributed by atoms with van der Waals surface area (Å²) in [7, 11) is 1.69. The molecule has 0 radical (unpaired) electrons. The Bertz CT molecular complexity index is 542.